The van der Waals surface area contributed by atoms with Gasteiger partial charge in [0.2, 0.25) is 0 Å². The van der Waals surface area contributed by atoms with Crippen molar-refractivity contribution in [3.63, 3.8) is 0 Å². The van der Waals surface area contributed by atoms with Crippen molar-refractivity contribution in [3.8, 4) is 0 Å². The van der Waals surface area contributed by atoms with E-state index in [0.717, 1.165) is 6.54 Å². The second-order valence-corrected chi connectivity index (χ2v) is 7.72. The molecular formula is C16H21NS2. The molecule has 1 atom stereocenters. The molecule has 1 nitrogen and oxygen atoms in total. The lowest BCUT2D eigenvalue weighted by Gasteiger charge is -2.28. The van der Waals surface area contributed by atoms with Gasteiger partial charge in [-0.2, -0.15) is 0 Å². The van der Waals surface area contributed by atoms with Crippen LogP contribution in [-0.4, -0.2) is 11.4 Å². The minimum absolute atomic E-state index is 0.643. The first-order valence-electron chi connectivity index (χ1n) is 7.16. The molecule has 2 aromatic rings. The second kappa shape index (κ2) is 6.21. The van der Waals surface area contributed by atoms with Crippen LogP contribution in [0.1, 0.15) is 46.4 Å². The van der Waals surface area contributed by atoms with Crippen molar-refractivity contribution in [1.82, 2.24) is 4.90 Å². The van der Waals surface area contributed by atoms with Crippen LogP contribution >= 0.6 is 22.7 Å². The SMILES string of the molecule is Cc1ccc(CN2CCCCC[C@H]2c2cccs2)s1. The van der Waals surface area contributed by atoms with Gasteiger partial charge in [0, 0.05) is 27.2 Å². The Labute approximate surface area is 123 Å². The summed E-state index contributed by atoms with van der Waals surface area (Å²) in [5.41, 5.74) is 0. The zero-order chi connectivity index (χ0) is 13.1. The van der Waals surface area contributed by atoms with Crippen LogP contribution in [0.4, 0.5) is 0 Å². The van der Waals surface area contributed by atoms with E-state index in [1.54, 1.807) is 4.88 Å². The molecule has 0 N–H and O–H groups in total. The van der Waals surface area contributed by atoms with Gasteiger partial charge < -0.3 is 0 Å². The van der Waals surface area contributed by atoms with Gasteiger partial charge in [0.05, 0.1) is 0 Å². The third-order valence-corrected chi connectivity index (χ3v) is 5.85. The van der Waals surface area contributed by atoms with Crippen molar-refractivity contribution in [2.45, 2.75) is 45.2 Å². The maximum atomic E-state index is 2.70. The second-order valence-electron chi connectivity index (χ2n) is 5.36. The molecule has 0 aliphatic carbocycles. The topological polar surface area (TPSA) is 3.24 Å². The van der Waals surface area contributed by atoms with Gasteiger partial charge in [-0.15, -0.1) is 22.7 Å². The Morgan fingerprint density at radius 2 is 2.16 bits per heavy atom. The third-order valence-electron chi connectivity index (χ3n) is 3.89. The highest BCUT2D eigenvalue weighted by atomic mass is 32.1. The number of rotatable bonds is 3. The Bertz CT molecular complexity index is 501. The van der Waals surface area contributed by atoms with Crippen molar-refractivity contribution in [2.24, 2.45) is 0 Å². The summed E-state index contributed by atoms with van der Waals surface area (Å²) in [6.45, 7) is 4.58. The number of hydrogen-bond acceptors (Lipinski definition) is 3. The molecule has 3 heteroatoms. The van der Waals surface area contributed by atoms with E-state index in [2.05, 4.69) is 41.5 Å². The first-order chi connectivity index (χ1) is 9.33. The normalized spacial score (nSPS) is 21.4. The smallest absolute Gasteiger partial charge is 0.0445 e. The van der Waals surface area contributed by atoms with E-state index in [1.807, 2.05) is 22.7 Å². The summed E-state index contributed by atoms with van der Waals surface area (Å²) in [6.07, 6.45) is 5.45. The van der Waals surface area contributed by atoms with Gasteiger partial charge in [-0.05, 0) is 49.9 Å². The number of hydrogen-bond donors (Lipinski definition) is 0. The van der Waals surface area contributed by atoms with E-state index in [9.17, 15) is 0 Å². The minimum Gasteiger partial charge on any atom is -0.290 e. The van der Waals surface area contributed by atoms with Gasteiger partial charge in [-0.3, -0.25) is 4.90 Å². The van der Waals surface area contributed by atoms with Gasteiger partial charge in [0.1, 0.15) is 0 Å². The summed E-state index contributed by atoms with van der Waals surface area (Å²) < 4.78 is 0. The monoisotopic (exact) mass is 291 g/mol. The number of aryl methyl sites for hydroxylation is 1. The van der Waals surface area contributed by atoms with Gasteiger partial charge >= 0.3 is 0 Å². The summed E-state index contributed by atoms with van der Waals surface area (Å²) in [4.78, 5) is 7.19. The average Bonchev–Trinajstić information content (AvgIpc) is 3.00. The predicted octanol–water partition coefficient (Wildman–Crippen LogP) is 5.24. The van der Waals surface area contributed by atoms with E-state index in [0.29, 0.717) is 6.04 Å². The highest BCUT2D eigenvalue weighted by molar-refractivity contribution is 7.11. The summed E-state index contributed by atoms with van der Waals surface area (Å²) in [5, 5.41) is 2.22. The maximum absolute atomic E-state index is 2.70. The van der Waals surface area contributed by atoms with Crippen LogP contribution in [0, 0.1) is 6.92 Å². The largest absolute Gasteiger partial charge is 0.290 e. The first-order valence-corrected chi connectivity index (χ1v) is 8.85. The number of thiophene rings is 2. The van der Waals surface area contributed by atoms with E-state index < -0.39 is 0 Å². The van der Waals surface area contributed by atoms with Crippen molar-refractivity contribution in [2.75, 3.05) is 6.54 Å². The van der Waals surface area contributed by atoms with Crippen LogP contribution in [0.3, 0.4) is 0 Å². The van der Waals surface area contributed by atoms with E-state index >= 15 is 0 Å². The molecule has 19 heavy (non-hydrogen) atoms. The fourth-order valence-corrected chi connectivity index (χ4v) is 4.74. The molecule has 1 aliphatic rings. The molecule has 3 rings (SSSR count). The lowest BCUT2D eigenvalue weighted by molar-refractivity contribution is 0.197. The van der Waals surface area contributed by atoms with E-state index in [-0.39, 0.29) is 0 Å². The zero-order valence-electron chi connectivity index (χ0n) is 11.5. The van der Waals surface area contributed by atoms with Crippen LogP contribution in [0.2, 0.25) is 0 Å². The average molecular weight is 291 g/mol. The highest BCUT2D eigenvalue weighted by Crippen LogP contribution is 2.34. The van der Waals surface area contributed by atoms with Crippen LogP contribution in [-0.2, 0) is 6.54 Å². The van der Waals surface area contributed by atoms with Gasteiger partial charge in [0.25, 0.3) is 0 Å². The molecule has 102 valence electrons. The Hall–Kier alpha value is -0.640. The van der Waals surface area contributed by atoms with Gasteiger partial charge in [-0.25, -0.2) is 0 Å². The van der Waals surface area contributed by atoms with Gasteiger partial charge in [-0.1, -0.05) is 18.9 Å². The lowest BCUT2D eigenvalue weighted by Crippen LogP contribution is -2.27. The van der Waals surface area contributed by atoms with E-state index in [1.165, 1.54) is 42.0 Å². The molecule has 0 amide bonds. The van der Waals surface area contributed by atoms with Crippen LogP contribution in [0.5, 0.6) is 0 Å². The van der Waals surface area contributed by atoms with Crippen molar-refractivity contribution < 1.29 is 0 Å². The molecule has 0 aromatic carbocycles. The summed E-state index contributed by atoms with van der Waals surface area (Å²) in [7, 11) is 0. The Morgan fingerprint density at radius 1 is 1.21 bits per heavy atom. The van der Waals surface area contributed by atoms with Crippen LogP contribution in [0.25, 0.3) is 0 Å². The fraction of sp³-hybridized carbons (Fsp3) is 0.500. The molecular weight excluding hydrogens is 270 g/mol. The quantitative estimate of drug-likeness (QED) is 0.748. The summed E-state index contributed by atoms with van der Waals surface area (Å²) in [5.74, 6) is 0. The highest BCUT2D eigenvalue weighted by Gasteiger charge is 2.23. The van der Waals surface area contributed by atoms with Crippen molar-refractivity contribution in [3.05, 3.63) is 44.3 Å². The summed E-state index contributed by atoms with van der Waals surface area (Å²) in [6, 6.07) is 9.70. The molecule has 2 aromatic heterocycles. The molecule has 0 unspecified atom stereocenters. The van der Waals surface area contributed by atoms with Crippen molar-refractivity contribution in [1.29, 1.82) is 0 Å². The molecule has 1 saturated heterocycles. The molecule has 1 fully saturated rings. The fourth-order valence-electron chi connectivity index (χ4n) is 2.93. The first kappa shape index (κ1) is 13.3. The predicted molar refractivity (Wildman–Crippen MR) is 85.0 cm³/mol. The molecule has 0 radical (unpaired) electrons. The molecule has 0 spiro atoms. The third kappa shape index (κ3) is 3.28. The minimum atomic E-state index is 0.643. The Kier molecular flexibility index (Phi) is 4.36. The molecule has 3 heterocycles. The molecule has 0 bridgehead atoms. The Morgan fingerprint density at radius 3 is 2.89 bits per heavy atom. The molecule has 0 saturated carbocycles. The number of nitrogens with zero attached hydrogens (tertiary/aromatic N) is 1. The molecule has 1 aliphatic heterocycles. The maximum Gasteiger partial charge on any atom is 0.0445 e. The Balaban J connectivity index is 1.78. The van der Waals surface area contributed by atoms with Crippen LogP contribution in [0.15, 0.2) is 29.6 Å². The number of likely N-dealkylation sites (tertiary alicyclic amines) is 1. The zero-order valence-corrected chi connectivity index (χ0v) is 13.1. The summed E-state index contributed by atoms with van der Waals surface area (Å²) >= 11 is 3.87. The van der Waals surface area contributed by atoms with Crippen molar-refractivity contribution >= 4 is 22.7 Å². The van der Waals surface area contributed by atoms with Crippen LogP contribution < -0.4 is 0 Å². The van der Waals surface area contributed by atoms with Gasteiger partial charge in [0.15, 0.2) is 0 Å². The lowest BCUT2D eigenvalue weighted by atomic mass is 10.1. The van der Waals surface area contributed by atoms with E-state index in [4.69, 9.17) is 0 Å². The standard InChI is InChI=1S/C16H21NS2/c1-13-8-9-14(19-13)12-17-10-4-2-3-6-15(17)16-7-5-11-18-16/h5,7-9,11,15H,2-4,6,10,12H2,1H3/t15-/m0/s1.